The number of benzene rings is 2. The van der Waals surface area contributed by atoms with E-state index in [0.717, 1.165) is 6.42 Å². The number of nitrogen functional groups attached to an aromatic ring is 1. The van der Waals surface area contributed by atoms with E-state index in [1.807, 2.05) is 13.0 Å². The van der Waals surface area contributed by atoms with Gasteiger partial charge in [0, 0.05) is 17.5 Å². The number of halogens is 1. The predicted octanol–water partition coefficient (Wildman–Crippen LogP) is 3.14. The van der Waals surface area contributed by atoms with Gasteiger partial charge in [0.05, 0.1) is 11.3 Å². The van der Waals surface area contributed by atoms with Crippen molar-refractivity contribution >= 4 is 40.9 Å². The first-order valence-electron chi connectivity index (χ1n) is 8.19. The topological polar surface area (TPSA) is 118 Å². The van der Waals surface area contributed by atoms with Crippen molar-refractivity contribution in [3.05, 3.63) is 53.7 Å². The van der Waals surface area contributed by atoms with E-state index < -0.39 is 5.97 Å². The van der Waals surface area contributed by atoms with E-state index in [1.165, 1.54) is 6.07 Å². The van der Waals surface area contributed by atoms with Gasteiger partial charge >= 0.3 is 5.97 Å². The first-order valence-corrected chi connectivity index (χ1v) is 8.19. The zero-order valence-electron chi connectivity index (χ0n) is 14.6. The SMILES string of the molecule is CCCNC(=O)c1nnc2c(-c3cccc(C(=O)O)c3)cccc2c1N.Cl. The molecule has 0 bridgehead atoms. The lowest BCUT2D eigenvalue weighted by Gasteiger charge is -2.11. The smallest absolute Gasteiger partial charge is 0.335 e. The molecule has 0 aliphatic heterocycles. The van der Waals surface area contributed by atoms with Crippen molar-refractivity contribution in [3.63, 3.8) is 0 Å². The standard InChI is InChI=1S/C19H18N4O3.ClH/c1-2-9-21-18(24)17-15(20)14-8-4-7-13(16(14)22-23-17)11-5-3-6-12(10-11)19(25)26;/h3-8,10H,2,9H2,1H3,(H2,20,22)(H,21,24)(H,25,26);1H. The average Bonchev–Trinajstić information content (AvgIpc) is 2.66. The third-order valence-electron chi connectivity index (χ3n) is 4.00. The van der Waals surface area contributed by atoms with E-state index in [-0.39, 0.29) is 35.3 Å². The number of aromatic nitrogens is 2. The van der Waals surface area contributed by atoms with Crippen LogP contribution < -0.4 is 11.1 Å². The Morgan fingerprint density at radius 1 is 1.15 bits per heavy atom. The molecule has 0 unspecified atom stereocenters. The van der Waals surface area contributed by atoms with E-state index in [4.69, 9.17) is 5.73 Å². The fourth-order valence-corrected chi connectivity index (χ4v) is 2.69. The molecule has 1 heterocycles. The van der Waals surface area contributed by atoms with Gasteiger partial charge in [0.1, 0.15) is 5.52 Å². The summed E-state index contributed by atoms with van der Waals surface area (Å²) < 4.78 is 0. The summed E-state index contributed by atoms with van der Waals surface area (Å²) in [4.78, 5) is 23.4. The summed E-state index contributed by atoms with van der Waals surface area (Å²) >= 11 is 0. The highest BCUT2D eigenvalue weighted by Gasteiger charge is 2.17. The molecule has 0 fully saturated rings. The second kappa shape index (κ2) is 8.46. The molecule has 0 saturated heterocycles. The molecule has 4 N–H and O–H groups in total. The molecule has 0 aliphatic carbocycles. The van der Waals surface area contributed by atoms with Crippen LogP contribution in [0.1, 0.15) is 34.2 Å². The maximum atomic E-state index is 12.2. The highest BCUT2D eigenvalue weighted by atomic mass is 35.5. The molecule has 1 amide bonds. The Morgan fingerprint density at radius 3 is 2.59 bits per heavy atom. The largest absolute Gasteiger partial charge is 0.478 e. The maximum Gasteiger partial charge on any atom is 0.335 e. The summed E-state index contributed by atoms with van der Waals surface area (Å²) in [6, 6.07) is 11.9. The molecule has 0 aliphatic rings. The molecule has 0 atom stereocenters. The zero-order chi connectivity index (χ0) is 18.7. The first kappa shape index (κ1) is 20.1. The minimum atomic E-state index is -1.01. The Kier molecular flexibility index (Phi) is 6.31. The summed E-state index contributed by atoms with van der Waals surface area (Å²) in [5.74, 6) is -1.37. The molecule has 2 aromatic carbocycles. The van der Waals surface area contributed by atoms with Gasteiger partial charge in [-0.25, -0.2) is 4.79 Å². The van der Waals surface area contributed by atoms with Gasteiger partial charge in [-0.3, -0.25) is 4.79 Å². The normalized spacial score (nSPS) is 10.3. The van der Waals surface area contributed by atoms with Crippen molar-refractivity contribution in [3.8, 4) is 11.1 Å². The van der Waals surface area contributed by atoms with Crippen LogP contribution in [0.3, 0.4) is 0 Å². The van der Waals surface area contributed by atoms with Crippen LogP contribution in [0.25, 0.3) is 22.0 Å². The van der Waals surface area contributed by atoms with Gasteiger partial charge in [-0.1, -0.05) is 37.3 Å². The number of carbonyl (C=O) groups is 2. The molecule has 8 heteroatoms. The van der Waals surface area contributed by atoms with Gasteiger partial charge in [-0.05, 0) is 24.1 Å². The van der Waals surface area contributed by atoms with Gasteiger partial charge < -0.3 is 16.2 Å². The van der Waals surface area contributed by atoms with E-state index in [2.05, 4.69) is 15.5 Å². The number of carboxylic acids is 1. The molecule has 0 radical (unpaired) electrons. The summed E-state index contributed by atoms with van der Waals surface area (Å²) in [5, 5.41) is 20.7. The number of rotatable bonds is 5. The van der Waals surface area contributed by atoms with Crippen molar-refractivity contribution < 1.29 is 14.7 Å². The molecule has 0 saturated carbocycles. The second-order valence-corrected chi connectivity index (χ2v) is 5.81. The molecule has 140 valence electrons. The van der Waals surface area contributed by atoms with Crippen LogP contribution in [-0.2, 0) is 0 Å². The quantitative estimate of drug-likeness (QED) is 0.619. The summed E-state index contributed by atoms with van der Waals surface area (Å²) in [6.07, 6.45) is 0.802. The highest BCUT2D eigenvalue weighted by molar-refractivity contribution is 6.07. The highest BCUT2D eigenvalue weighted by Crippen LogP contribution is 2.31. The fraction of sp³-hybridized carbons (Fsp3) is 0.158. The van der Waals surface area contributed by atoms with Crippen molar-refractivity contribution in [1.29, 1.82) is 0 Å². The van der Waals surface area contributed by atoms with Crippen LogP contribution >= 0.6 is 12.4 Å². The summed E-state index contributed by atoms with van der Waals surface area (Å²) in [5.41, 5.74) is 8.57. The Labute approximate surface area is 162 Å². The molecular weight excluding hydrogens is 368 g/mol. The lowest BCUT2D eigenvalue weighted by atomic mass is 9.99. The monoisotopic (exact) mass is 386 g/mol. The second-order valence-electron chi connectivity index (χ2n) is 5.81. The summed E-state index contributed by atoms with van der Waals surface area (Å²) in [7, 11) is 0. The molecule has 27 heavy (non-hydrogen) atoms. The number of amides is 1. The number of hydrogen-bond donors (Lipinski definition) is 3. The Morgan fingerprint density at radius 2 is 1.89 bits per heavy atom. The van der Waals surface area contributed by atoms with Crippen LogP contribution in [0.15, 0.2) is 42.5 Å². The summed E-state index contributed by atoms with van der Waals surface area (Å²) in [6.45, 7) is 2.48. The number of nitrogens with zero attached hydrogens (tertiary/aromatic N) is 2. The maximum absolute atomic E-state index is 12.2. The molecular formula is C19H19ClN4O3. The Balaban J connectivity index is 0.00000261. The molecule has 3 rings (SSSR count). The van der Waals surface area contributed by atoms with Crippen molar-refractivity contribution in [1.82, 2.24) is 15.5 Å². The van der Waals surface area contributed by atoms with Crippen LogP contribution in [0.4, 0.5) is 5.69 Å². The van der Waals surface area contributed by atoms with Gasteiger partial charge in [0.25, 0.3) is 5.91 Å². The van der Waals surface area contributed by atoms with Gasteiger partial charge in [-0.2, -0.15) is 0 Å². The van der Waals surface area contributed by atoms with Crippen molar-refractivity contribution in [2.75, 3.05) is 12.3 Å². The van der Waals surface area contributed by atoms with Crippen LogP contribution in [0.2, 0.25) is 0 Å². The number of hydrogen-bond acceptors (Lipinski definition) is 5. The zero-order valence-corrected chi connectivity index (χ0v) is 15.4. The third-order valence-corrected chi connectivity index (χ3v) is 4.00. The fourth-order valence-electron chi connectivity index (χ4n) is 2.69. The Hall–Kier alpha value is -3.19. The minimum absolute atomic E-state index is 0. The predicted molar refractivity (Wildman–Crippen MR) is 106 cm³/mol. The molecule has 0 spiro atoms. The molecule has 3 aromatic rings. The lowest BCUT2D eigenvalue weighted by Crippen LogP contribution is -2.26. The number of anilines is 1. The number of carbonyl (C=O) groups excluding carboxylic acids is 1. The van der Waals surface area contributed by atoms with Crippen LogP contribution in [-0.4, -0.2) is 33.7 Å². The molecule has 7 nitrogen and oxygen atoms in total. The van der Waals surface area contributed by atoms with E-state index >= 15 is 0 Å². The number of carboxylic acid groups (broad SMARTS) is 1. The van der Waals surface area contributed by atoms with Gasteiger partial charge in [0.15, 0.2) is 5.69 Å². The number of nitrogens with two attached hydrogens (primary N) is 1. The molecule has 1 aromatic heterocycles. The average molecular weight is 387 g/mol. The van der Waals surface area contributed by atoms with E-state index in [1.54, 1.807) is 30.3 Å². The first-order chi connectivity index (χ1) is 12.5. The van der Waals surface area contributed by atoms with Gasteiger partial charge in [0.2, 0.25) is 0 Å². The number of aromatic carboxylic acids is 1. The van der Waals surface area contributed by atoms with Crippen LogP contribution in [0.5, 0.6) is 0 Å². The lowest BCUT2D eigenvalue weighted by molar-refractivity contribution is 0.0696. The van der Waals surface area contributed by atoms with Crippen molar-refractivity contribution in [2.45, 2.75) is 13.3 Å². The Bertz CT molecular complexity index is 1010. The van der Waals surface area contributed by atoms with Gasteiger partial charge in [-0.15, -0.1) is 22.6 Å². The number of nitrogens with one attached hydrogen (secondary N) is 1. The number of fused-ring (bicyclic) bond motifs is 1. The van der Waals surface area contributed by atoms with Crippen LogP contribution in [0, 0.1) is 0 Å². The van der Waals surface area contributed by atoms with E-state index in [9.17, 15) is 14.7 Å². The third kappa shape index (κ3) is 3.98. The minimum Gasteiger partial charge on any atom is -0.478 e. The van der Waals surface area contributed by atoms with E-state index in [0.29, 0.717) is 28.6 Å². The van der Waals surface area contributed by atoms with Crippen molar-refractivity contribution in [2.24, 2.45) is 0 Å².